The van der Waals surface area contributed by atoms with E-state index in [0.717, 1.165) is 0 Å². The lowest BCUT2D eigenvalue weighted by molar-refractivity contribution is -0.191. The van der Waals surface area contributed by atoms with E-state index in [4.69, 9.17) is 21.9 Å². The molecule has 4 aromatic rings. The molecule has 4 rings (SSSR count). The molecule has 2 atom stereocenters. The van der Waals surface area contributed by atoms with Crippen LogP contribution in [0.25, 0.3) is 21.8 Å². The minimum Gasteiger partial charge on any atom is -0.360 e. The fourth-order valence-electron chi connectivity index (χ4n) is 4.90. The monoisotopic (exact) mass is 573 g/mol. The molecule has 2 heterocycles. The van der Waals surface area contributed by atoms with Crippen LogP contribution in [0.15, 0.2) is 51.8 Å². The summed E-state index contributed by atoms with van der Waals surface area (Å²) in [5, 5.41) is 14.4. The maximum atomic E-state index is 14.3. The van der Waals surface area contributed by atoms with Crippen LogP contribution in [-0.2, 0) is 11.3 Å². The number of benzene rings is 2. The molecule has 210 valence electrons. The molecule has 8 nitrogen and oxygen atoms in total. The van der Waals surface area contributed by atoms with Crippen LogP contribution in [0, 0.1) is 24.2 Å². The molecule has 2 N–H and O–H groups in total. The summed E-state index contributed by atoms with van der Waals surface area (Å²) < 4.78 is 49.7. The highest BCUT2D eigenvalue weighted by molar-refractivity contribution is 6.37. The minimum absolute atomic E-state index is 0.0211. The zero-order chi connectivity index (χ0) is 29.4. The number of nitrogens with two attached hydrogens (primary N) is 1. The SMILES string of the molecule is Cc1onc2c1c(=O)n(Cc1ccc([C@H](N(CC#N)C(=O)[C@@H](N)CC(C)C)C(F)(F)F)cc1)c1cccc(Cl)c21. The van der Waals surface area contributed by atoms with E-state index in [-0.39, 0.29) is 35.4 Å². The molecule has 0 radical (unpaired) electrons. The van der Waals surface area contributed by atoms with Crippen molar-refractivity contribution >= 4 is 39.3 Å². The molecule has 2 aromatic carbocycles. The molecule has 12 heteroatoms. The Bertz CT molecular complexity index is 1660. The van der Waals surface area contributed by atoms with Crippen LogP contribution in [0.3, 0.4) is 0 Å². The fourth-order valence-corrected chi connectivity index (χ4v) is 5.15. The topological polar surface area (TPSA) is 118 Å². The van der Waals surface area contributed by atoms with Crippen molar-refractivity contribution in [1.29, 1.82) is 5.26 Å². The Morgan fingerprint density at radius 2 is 1.88 bits per heavy atom. The van der Waals surface area contributed by atoms with Crippen molar-refractivity contribution in [3.63, 3.8) is 0 Å². The number of aryl methyl sites for hydroxylation is 1. The molecule has 0 fully saturated rings. The maximum Gasteiger partial charge on any atom is 0.413 e. The average molecular weight is 574 g/mol. The third-order valence-corrected chi connectivity index (χ3v) is 6.98. The quantitative estimate of drug-likeness (QED) is 0.279. The van der Waals surface area contributed by atoms with E-state index in [0.29, 0.717) is 37.7 Å². The predicted molar refractivity (Wildman–Crippen MR) is 145 cm³/mol. The second-order valence-electron chi connectivity index (χ2n) is 10.0. The Morgan fingerprint density at radius 3 is 2.48 bits per heavy atom. The van der Waals surface area contributed by atoms with Gasteiger partial charge in [0.1, 0.15) is 23.2 Å². The van der Waals surface area contributed by atoms with Crippen molar-refractivity contribution in [2.24, 2.45) is 11.7 Å². The van der Waals surface area contributed by atoms with Gasteiger partial charge in [-0.1, -0.05) is 60.9 Å². The highest BCUT2D eigenvalue weighted by Gasteiger charge is 2.47. The average Bonchev–Trinajstić information content (AvgIpc) is 3.26. The van der Waals surface area contributed by atoms with Gasteiger partial charge in [0, 0.05) is 5.39 Å². The van der Waals surface area contributed by atoms with E-state index < -0.39 is 30.7 Å². The number of nitrogens with zero attached hydrogens (tertiary/aromatic N) is 4. The molecule has 1 amide bonds. The van der Waals surface area contributed by atoms with Gasteiger partial charge in [0.2, 0.25) is 5.91 Å². The first-order valence-electron chi connectivity index (χ1n) is 12.5. The third kappa shape index (κ3) is 5.55. The zero-order valence-corrected chi connectivity index (χ0v) is 22.8. The standard InChI is InChI=1S/C28H27ClF3N5O3/c1-15(2)13-20(34)26(38)36(12-11-33)25(28(30,31)32)18-9-7-17(8-10-18)14-37-21-6-4-5-19(29)23(21)24-22(27(37)39)16(3)40-35-24/h4-10,15,20,25H,12-14,34H2,1-3H3/t20-,25-/m0/s1. The van der Waals surface area contributed by atoms with E-state index in [1.165, 1.54) is 28.8 Å². The van der Waals surface area contributed by atoms with Crippen molar-refractivity contribution in [2.75, 3.05) is 6.54 Å². The fraction of sp³-hybridized carbons (Fsp3) is 0.357. The van der Waals surface area contributed by atoms with Crippen LogP contribution in [0.1, 0.15) is 43.2 Å². The van der Waals surface area contributed by atoms with Crippen LogP contribution in [0.4, 0.5) is 13.2 Å². The third-order valence-electron chi connectivity index (χ3n) is 6.67. The summed E-state index contributed by atoms with van der Waals surface area (Å²) in [7, 11) is 0. The van der Waals surface area contributed by atoms with Crippen LogP contribution in [0.2, 0.25) is 5.02 Å². The number of amides is 1. The van der Waals surface area contributed by atoms with Gasteiger partial charge >= 0.3 is 6.18 Å². The zero-order valence-electron chi connectivity index (χ0n) is 22.0. The second-order valence-corrected chi connectivity index (χ2v) is 10.4. The van der Waals surface area contributed by atoms with Crippen LogP contribution >= 0.6 is 11.6 Å². The summed E-state index contributed by atoms with van der Waals surface area (Å²) in [5.74, 6) is -0.660. The van der Waals surface area contributed by atoms with Crippen molar-refractivity contribution in [3.8, 4) is 6.07 Å². The molecule has 0 aliphatic carbocycles. The summed E-state index contributed by atoms with van der Waals surface area (Å²) in [6.45, 7) is 4.44. The van der Waals surface area contributed by atoms with Gasteiger partial charge in [-0.25, -0.2) is 0 Å². The molecule has 0 unspecified atom stereocenters. The van der Waals surface area contributed by atoms with Crippen LogP contribution in [-0.4, -0.2) is 39.3 Å². The van der Waals surface area contributed by atoms with Gasteiger partial charge < -0.3 is 19.7 Å². The molecule has 0 aliphatic rings. The number of pyridine rings is 1. The highest BCUT2D eigenvalue weighted by atomic mass is 35.5. The molecular formula is C28H27ClF3N5O3. The van der Waals surface area contributed by atoms with E-state index in [2.05, 4.69) is 5.16 Å². The smallest absolute Gasteiger partial charge is 0.360 e. The van der Waals surface area contributed by atoms with E-state index in [1.54, 1.807) is 45.0 Å². The summed E-state index contributed by atoms with van der Waals surface area (Å²) in [6, 6.07) is 8.53. The lowest BCUT2D eigenvalue weighted by Crippen LogP contribution is -2.49. The summed E-state index contributed by atoms with van der Waals surface area (Å²) >= 11 is 6.43. The van der Waals surface area contributed by atoms with Gasteiger partial charge in [0.05, 0.1) is 29.2 Å². The van der Waals surface area contributed by atoms with Gasteiger partial charge in [0.15, 0.2) is 6.04 Å². The second kappa shape index (κ2) is 11.3. The first kappa shape index (κ1) is 29.1. The largest absolute Gasteiger partial charge is 0.413 e. The van der Waals surface area contributed by atoms with Crippen LogP contribution < -0.4 is 11.3 Å². The number of rotatable bonds is 8. The number of carbonyl (C=O) groups excluding carboxylic acids is 1. The molecule has 0 saturated carbocycles. The van der Waals surface area contributed by atoms with E-state index in [9.17, 15) is 28.0 Å². The number of hydrogen-bond acceptors (Lipinski definition) is 6. The summed E-state index contributed by atoms with van der Waals surface area (Å²) in [5.41, 5.74) is 6.64. The Kier molecular flexibility index (Phi) is 8.23. The number of carbonyl (C=O) groups is 1. The number of fused-ring (bicyclic) bond motifs is 3. The van der Waals surface area contributed by atoms with Gasteiger partial charge in [-0.3, -0.25) is 9.59 Å². The summed E-state index contributed by atoms with van der Waals surface area (Å²) in [4.78, 5) is 26.8. The van der Waals surface area contributed by atoms with Gasteiger partial charge in [-0.05, 0) is 42.5 Å². The Hall–Kier alpha value is -3.88. The number of nitriles is 1. The van der Waals surface area contributed by atoms with Gasteiger partial charge in [-0.2, -0.15) is 18.4 Å². The van der Waals surface area contributed by atoms with Crippen molar-refractivity contribution < 1.29 is 22.5 Å². The predicted octanol–water partition coefficient (Wildman–Crippen LogP) is 5.48. The minimum atomic E-state index is -4.87. The first-order valence-corrected chi connectivity index (χ1v) is 12.9. The first-order chi connectivity index (χ1) is 18.8. The number of hydrogen-bond donors (Lipinski definition) is 1. The Balaban J connectivity index is 1.75. The molecule has 0 saturated heterocycles. The van der Waals surface area contributed by atoms with E-state index in [1.807, 2.05) is 0 Å². The highest BCUT2D eigenvalue weighted by Crippen LogP contribution is 2.38. The summed E-state index contributed by atoms with van der Waals surface area (Å²) in [6.07, 6.45) is -4.70. The van der Waals surface area contributed by atoms with Gasteiger partial charge in [0.25, 0.3) is 5.56 Å². The molecule has 40 heavy (non-hydrogen) atoms. The van der Waals surface area contributed by atoms with Crippen LogP contribution in [0.5, 0.6) is 0 Å². The lowest BCUT2D eigenvalue weighted by atomic mass is 9.99. The molecule has 0 aliphatic heterocycles. The number of halogens is 4. The number of aromatic nitrogens is 2. The van der Waals surface area contributed by atoms with Crippen molar-refractivity contribution in [3.05, 3.63) is 74.7 Å². The van der Waals surface area contributed by atoms with E-state index >= 15 is 0 Å². The molecule has 0 bridgehead atoms. The number of alkyl halides is 3. The van der Waals surface area contributed by atoms with Gasteiger partial charge in [-0.15, -0.1) is 0 Å². The lowest BCUT2D eigenvalue weighted by Gasteiger charge is -2.33. The maximum absolute atomic E-state index is 14.3. The van der Waals surface area contributed by atoms with Crippen molar-refractivity contribution in [2.45, 2.75) is 52.0 Å². The normalized spacial score (nSPS) is 13.5. The molecule has 2 aromatic heterocycles. The Morgan fingerprint density at radius 1 is 1.20 bits per heavy atom. The Labute approximate surface area is 232 Å². The molecule has 0 spiro atoms. The molecular weight excluding hydrogens is 547 g/mol. The van der Waals surface area contributed by atoms with Crippen molar-refractivity contribution in [1.82, 2.24) is 14.6 Å².